The molecule has 2 rings (SSSR count). The van der Waals surface area contributed by atoms with Gasteiger partial charge in [-0.25, -0.2) is 0 Å². The van der Waals surface area contributed by atoms with Crippen molar-refractivity contribution in [3.05, 3.63) is 18.0 Å². The van der Waals surface area contributed by atoms with Crippen LogP contribution in [0, 0.1) is 11.8 Å². The Morgan fingerprint density at radius 2 is 2.43 bits per heavy atom. The SMILES string of the molecule is CCC1[C@H](C(=O)O)[C@H]1c1cnn(C)c1. The van der Waals surface area contributed by atoms with Crippen LogP contribution in [0.15, 0.2) is 12.4 Å². The van der Waals surface area contributed by atoms with Gasteiger partial charge < -0.3 is 5.11 Å². The predicted octanol–water partition coefficient (Wildman–Crippen LogP) is 1.24. The molecule has 0 bridgehead atoms. The molecule has 1 fully saturated rings. The van der Waals surface area contributed by atoms with E-state index in [2.05, 4.69) is 5.10 Å². The van der Waals surface area contributed by atoms with Crippen LogP contribution >= 0.6 is 0 Å². The van der Waals surface area contributed by atoms with Crippen LogP contribution in [0.4, 0.5) is 0 Å². The van der Waals surface area contributed by atoms with Crippen molar-refractivity contribution in [3.63, 3.8) is 0 Å². The number of carboxylic acids is 1. The summed E-state index contributed by atoms with van der Waals surface area (Å²) in [5.41, 5.74) is 1.06. The van der Waals surface area contributed by atoms with E-state index in [-0.39, 0.29) is 11.8 Å². The summed E-state index contributed by atoms with van der Waals surface area (Å²) < 4.78 is 1.72. The molecule has 1 aromatic rings. The lowest BCUT2D eigenvalue weighted by Crippen LogP contribution is -1.99. The number of aryl methyl sites for hydroxylation is 1. The van der Waals surface area contributed by atoms with Crippen LogP contribution in [0.25, 0.3) is 0 Å². The third kappa shape index (κ3) is 1.31. The van der Waals surface area contributed by atoms with Crippen LogP contribution < -0.4 is 0 Å². The van der Waals surface area contributed by atoms with E-state index in [9.17, 15) is 4.79 Å². The summed E-state index contributed by atoms with van der Waals surface area (Å²) in [6.07, 6.45) is 4.61. The van der Waals surface area contributed by atoms with Crippen LogP contribution in [0.2, 0.25) is 0 Å². The van der Waals surface area contributed by atoms with Crippen LogP contribution in [-0.2, 0) is 11.8 Å². The van der Waals surface area contributed by atoms with Gasteiger partial charge in [-0.2, -0.15) is 5.10 Å². The van der Waals surface area contributed by atoms with E-state index in [1.165, 1.54) is 0 Å². The van der Waals surface area contributed by atoms with Crippen molar-refractivity contribution in [2.45, 2.75) is 19.3 Å². The Kier molecular flexibility index (Phi) is 2.06. The van der Waals surface area contributed by atoms with Crippen LogP contribution in [0.5, 0.6) is 0 Å². The summed E-state index contributed by atoms with van der Waals surface area (Å²) in [5, 5.41) is 13.0. The van der Waals surface area contributed by atoms with Gasteiger partial charge in [0.25, 0.3) is 0 Å². The average Bonchev–Trinajstić information content (AvgIpc) is 2.74. The zero-order valence-electron chi connectivity index (χ0n) is 8.34. The fourth-order valence-corrected chi connectivity index (χ4v) is 2.29. The van der Waals surface area contributed by atoms with Crippen LogP contribution in [0.1, 0.15) is 24.8 Å². The first-order valence-electron chi connectivity index (χ1n) is 4.86. The van der Waals surface area contributed by atoms with E-state index in [0.717, 1.165) is 12.0 Å². The molecule has 0 radical (unpaired) electrons. The molecule has 14 heavy (non-hydrogen) atoms. The lowest BCUT2D eigenvalue weighted by molar-refractivity contribution is -0.139. The molecule has 1 saturated carbocycles. The minimum Gasteiger partial charge on any atom is -0.481 e. The second-order valence-corrected chi connectivity index (χ2v) is 3.91. The van der Waals surface area contributed by atoms with Crippen molar-refractivity contribution in [1.29, 1.82) is 0 Å². The quantitative estimate of drug-likeness (QED) is 0.787. The maximum atomic E-state index is 10.9. The van der Waals surface area contributed by atoms with Gasteiger partial charge in [-0.15, -0.1) is 0 Å². The van der Waals surface area contributed by atoms with E-state index < -0.39 is 5.97 Å². The van der Waals surface area contributed by atoms with E-state index in [1.807, 2.05) is 20.2 Å². The molecule has 1 aromatic heterocycles. The normalized spacial score (nSPS) is 30.3. The van der Waals surface area contributed by atoms with Gasteiger partial charge in [-0.3, -0.25) is 9.48 Å². The standard InChI is InChI=1S/C10H14N2O2/c1-3-7-8(9(7)10(13)14)6-4-11-12(2)5-6/h4-5,7-9H,3H2,1-2H3,(H,13,14)/t7?,8-,9-/m0/s1. The Labute approximate surface area is 82.5 Å². The molecule has 3 atom stereocenters. The smallest absolute Gasteiger partial charge is 0.307 e. The minimum absolute atomic E-state index is 0.186. The second kappa shape index (κ2) is 3.12. The predicted molar refractivity (Wildman–Crippen MR) is 50.9 cm³/mol. The lowest BCUT2D eigenvalue weighted by atomic mass is 10.2. The van der Waals surface area contributed by atoms with Crippen LogP contribution in [0.3, 0.4) is 0 Å². The van der Waals surface area contributed by atoms with Gasteiger partial charge in [0, 0.05) is 19.2 Å². The molecule has 0 aliphatic heterocycles. The highest BCUT2D eigenvalue weighted by Crippen LogP contribution is 2.55. The van der Waals surface area contributed by atoms with E-state index in [0.29, 0.717) is 5.92 Å². The Morgan fingerprint density at radius 3 is 2.79 bits per heavy atom. The summed E-state index contributed by atoms with van der Waals surface area (Å²) in [4.78, 5) is 10.9. The molecule has 1 aliphatic carbocycles. The lowest BCUT2D eigenvalue weighted by Gasteiger charge is -1.90. The van der Waals surface area contributed by atoms with Crippen molar-refractivity contribution in [1.82, 2.24) is 9.78 Å². The molecule has 4 heteroatoms. The summed E-state index contributed by atoms with van der Waals surface area (Å²) in [6.45, 7) is 2.04. The van der Waals surface area contributed by atoms with Gasteiger partial charge >= 0.3 is 5.97 Å². The maximum Gasteiger partial charge on any atom is 0.307 e. The number of hydrogen-bond donors (Lipinski definition) is 1. The Balaban J connectivity index is 2.17. The van der Waals surface area contributed by atoms with Crippen LogP contribution in [-0.4, -0.2) is 20.9 Å². The highest BCUT2D eigenvalue weighted by atomic mass is 16.4. The first-order chi connectivity index (χ1) is 6.65. The highest BCUT2D eigenvalue weighted by molar-refractivity contribution is 5.76. The largest absolute Gasteiger partial charge is 0.481 e. The second-order valence-electron chi connectivity index (χ2n) is 3.91. The number of nitrogens with zero attached hydrogens (tertiary/aromatic N) is 2. The summed E-state index contributed by atoms with van der Waals surface area (Å²) in [5.74, 6) is -0.377. The number of hydrogen-bond acceptors (Lipinski definition) is 2. The average molecular weight is 194 g/mol. The van der Waals surface area contributed by atoms with Gasteiger partial charge in [0.15, 0.2) is 0 Å². The van der Waals surface area contributed by atoms with Gasteiger partial charge in [-0.05, 0) is 11.5 Å². The number of aliphatic carboxylic acids is 1. The number of rotatable bonds is 3. The van der Waals surface area contributed by atoms with Gasteiger partial charge in [0.2, 0.25) is 0 Å². The van der Waals surface area contributed by atoms with Gasteiger partial charge in [-0.1, -0.05) is 13.3 Å². The zero-order chi connectivity index (χ0) is 10.3. The molecule has 4 nitrogen and oxygen atoms in total. The first-order valence-corrected chi connectivity index (χ1v) is 4.86. The summed E-state index contributed by atoms with van der Waals surface area (Å²) in [7, 11) is 1.85. The fourth-order valence-electron chi connectivity index (χ4n) is 2.29. The zero-order valence-corrected chi connectivity index (χ0v) is 8.34. The Bertz CT molecular complexity index is 359. The molecular weight excluding hydrogens is 180 g/mol. The third-order valence-electron chi connectivity index (χ3n) is 3.03. The highest BCUT2D eigenvalue weighted by Gasteiger charge is 2.54. The van der Waals surface area contributed by atoms with E-state index in [4.69, 9.17) is 5.11 Å². The number of carbonyl (C=O) groups is 1. The monoisotopic (exact) mass is 194 g/mol. The topological polar surface area (TPSA) is 55.1 Å². The molecule has 1 heterocycles. The van der Waals surface area contributed by atoms with Crippen molar-refractivity contribution >= 4 is 5.97 Å². The molecule has 1 unspecified atom stereocenters. The van der Waals surface area contributed by atoms with Gasteiger partial charge in [0.05, 0.1) is 12.1 Å². The molecule has 1 aliphatic rings. The minimum atomic E-state index is -0.675. The van der Waals surface area contributed by atoms with E-state index >= 15 is 0 Å². The Morgan fingerprint density at radius 1 is 1.71 bits per heavy atom. The molecule has 0 spiro atoms. The van der Waals surface area contributed by atoms with E-state index in [1.54, 1.807) is 10.9 Å². The summed E-state index contributed by atoms with van der Waals surface area (Å²) in [6, 6.07) is 0. The maximum absolute atomic E-state index is 10.9. The fraction of sp³-hybridized carbons (Fsp3) is 0.600. The molecule has 76 valence electrons. The molecule has 0 saturated heterocycles. The molecular formula is C10H14N2O2. The molecule has 0 aromatic carbocycles. The first kappa shape index (κ1) is 9.24. The van der Waals surface area contributed by atoms with Crippen molar-refractivity contribution in [2.75, 3.05) is 0 Å². The van der Waals surface area contributed by atoms with Crippen molar-refractivity contribution < 1.29 is 9.90 Å². The van der Waals surface area contributed by atoms with Crippen molar-refractivity contribution in [2.24, 2.45) is 18.9 Å². The Hall–Kier alpha value is -1.32. The number of aromatic nitrogens is 2. The molecule has 0 amide bonds. The third-order valence-corrected chi connectivity index (χ3v) is 3.03. The number of carboxylic acid groups (broad SMARTS) is 1. The molecule has 1 N–H and O–H groups in total. The summed E-state index contributed by atoms with van der Waals surface area (Å²) >= 11 is 0. The van der Waals surface area contributed by atoms with Gasteiger partial charge in [0.1, 0.15) is 0 Å². The van der Waals surface area contributed by atoms with Crippen molar-refractivity contribution in [3.8, 4) is 0 Å².